The van der Waals surface area contributed by atoms with Gasteiger partial charge in [-0.1, -0.05) is 26.7 Å². The molecular weight excluding hydrogens is 308 g/mol. The van der Waals surface area contributed by atoms with E-state index in [1.54, 1.807) is 21.3 Å². The van der Waals surface area contributed by atoms with E-state index in [1.807, 2.05) is 0 Å². The summed E-state index contributed by atoms with van der Waals surface area (Å²) >= 11 is 0. The molecule has 7 heteroatoms. The first-order valence-corrected chi connectivity index (χ1v) is 8.46. The monoisotopic (exact) mass is 330 g/mol. The molecule has 3 aromatic rings. The summed E-state index contributed by atoms with van der Waals surface area (Å²) in [6, 6.07) is 3.33. The van der Waals surface area contributed by atoms with Crippen molar-refractivity contribution in [2.24, 2.45) is 0 Å². The second-order valence-electron chi connectivity index (χ2n) is 6.09. The Morgan fingerprint density at radius 2 is 1.21 bits per heavy atom. The van der Waals surface area contributed by atoms with Gasteiger partial charge in [-0.2, -0.15) is 0 Å². The van der Waals surface area contributed by atoms with E-state index in [4.69, 9.17) is 0 Å². The number of hydrogen-bond acceptors (Lipinski definition) is 3. The number of H-pyrrole nitrogens is 2. The first-order valence-electron chi connectivity index (χ1n) is 8.46. The summed E-state index contributed by atoms with van der Waals surface area (Å²) in [7, 11) is 0. The second-order valence-corrected chi connectivity index (χ2v) is 6.09. The first kappa shape index (κ1) is 16.3. The highest BCUT2D eigenvalue weighted by Gasteiger charge is 2.15. The van der Waals surface area contributed by atoms with Gasteiger partial charge in [-0.15, -0.1) is 0 Å². The lowest BCUT2D eigenvalue weighted by atomic mass is 10.1. The molecule has 0 unspecified atom stereocenters. The lowest BCUT2D eigenvalue weighted by molar-refractivity contribution is 0.574. The highest BCUT2D eigenvalue weighted by molar-refractivity contribution is 5.94. The van der Waals surface area contributed by atoms with Crippen molar-refractivity contribution in [1.82, 2.24) is 19.3 Å². The zero-order valence-electron chi connectivity index (χ0n) is 14.0. The van der Waals surface area contributed by atoms with E-state index in [0.717, 1.165) is 25.7 Å². The van der Waals surface area contributed by atoms with Gasteiger partial charge >= 0.3 is 5.69 Å². The van der Waals surface area contributed by atoms with Gasteiger partial charge in [0, 0.05) is 13.1 Å². The van der Waals surface area contributed by atoms with Crippen LogP contribution in [-0.4, -0.2) is 19.3 Å². The number of hydrogen-bond donors (Lipinski definition) is 2. The maximum atomic E-state index is 12.8. The zero-order valence-corrected chi connectivity index (χ0v) is 14.0. The minimum atomic E-state index is -0.359. The zero-order chi connectivity index (χ0) is 17.3. The Labute approximate surface area is 137 Å². The minimum Gasteiger partial charge on any atom is -0.292 e. The molecule has 0 saturated heterocycles. The van der Waals surface area contributed by atoms with Crippen molar-refractivity contribution < 1.29 is 0 Å². The number of benzene rings is 1. The van der Waals surface area contributed by atoms with Crippen molar-refractivity contribution in [3.8, 4) is 0 Å². The predicted molar refractivity (Wildman–Crippen MR) is 94.8 cm³/mol. The molecule has 0 bridgehead atoms. The van der Waals surface area contributed by atoms with Crippen LogP contribution in [0.2, 0.25) is 0 Å². The molecule has 7 nitrogen and oxygen atoms in total. The molecule has 0 radical (unpaired) electrons. The molecule has 0 aliphatic rings. The molecule has 24 heavy (non-hydrogen) atoms. The Kier molecular flexibility index (Phi) is 4.42. The number of aryl methyl sites for hydroxylation is 2. The van der Waals surface area contributed by atoms with Crippen LogP contribution in [-0.2, 0) is 13.1 Å². The van der Waals surface area contributed by atoms with Crippen LogP contribution in [0, 0.1) is 0 Å². The molecule has 0 fully saturated rings. The van der Waals surface area contributed by atoms with Crippen LogP contribution in [0.15, 0.2) is 26.5 Å². The average Bonchev–Trinajstić information content (AvgIpc) is 2.84. The fraction of sp³-hybridized carbons (Fsp3) is 0.471. The van der Waals surface area contributed by atoms with Gasteiger partial charge < -0.3 is 0 Å². The highest BCUT2D eigenvalue weighted by Crippen LogP contribution is 2.19. The standard InChI is InChI=1S/C17H22N4O3/c1-3-5-7-20-13-9-11-12(16(23)19-18-15(11)22)10-14(13)21(17(20)24)8-6-4-2/h9-10H,3-8H2,1-2H3,(H,18,22)(H,19,23). The number of nitrogens with one attached hydrogen (secondary N) is 2. The van der Waals surface area contributed by atoms with E-state index in [1.165, 1.54) is 0 Å². The van der Waals surface area contributed by atoms with E-state index < -0.39 is 0 Å². The van der Waals surface area contributed by atoms with Crippen molar-refractivity contribution in [1.29, 1.82) is 0 Å². The Morgan fingerprint density at radius 3 is 1.58 bits per heavy atom. The summed E-state index contributed by atoms with van der Waals surface area (Å²) in [5.41, 5.74) is 0.640. The summed E-state index contributed by atoms with van der Waals surface area (Å²) in [6.07, 6.45) is 3.72. The number of nitrogens with zero attached hydrogens (tertiary/aromatic N) is 2. The predicted octanol–water partition coefficient (Wildman–Crippen LogP) is 1.93. The van der Waals surface area contributed by atoms with Gasteiger partial charge in [0.1, 0.15) is 0 Å². The van der Waals surface area contributed by atoms with Crippen molar-refractivity contribution in [3.05, 3.63) is 43.3 Å². The topological polar surface area (TPSA) is 92.7 Å². The van der Waals surface area contributed by atoms with E-state index >= 15 is 0 Å². The minimum absolute atomic E-state index is 0.0740. The van der Waals surface area contributed by atoms with Gasteiger partial charge in [0.15, 0.2) is 0 Å². The Bertz CT molecular complexity index is 970. The van der Waals surface area contributed by atoms with E-state index in [2.05, 4.69) is 24.0 Å². The molecule has 1 aromatic carbocycles. The molecule has 0 amide bonds. The second kappa shape index (κ2) is 6.51. The lowest BCUT2D eigenvalue weighted by Gasteiger charge is -2.03. The molecule has 2 aromatic heterocycles. The van der Waals surface area contributed by atoms with Crippen LogP contribution in [0.5, 0.6) is 0 Å². The largest absolute Gasteiger partial charge is 0.329 e. The maximum absolute atomic E-state index is 12.8. The van der Waals surface area contributed by atoms with E-state index in [-0.39, 0.29) is 16.8 Å². The van der Waals surface area contributed by atoms with Crippen LogP contribution >= 0.6 is 0 Å². The van der Waals surface area contributed by atoms with Gasteiger partial charge in [-0.05, 0) is 25.0 Å². The Hall–Kier alpha value is -2.57. The lowest BCUT2D eigenvalue weighted by Crippen LogP contribution is -2.24. The third-order valence-electron chi connectivity index (χ3n) is 4.41. The van der Waals surface area contributed by atoms with Crippen LogP contribution in [0.3, 0.4) is 0 Å². The molecule has 0 saturated carbocycles. The Balaban J connectivity index is 2.38. The molecule has 3 rings (SSSR count). The smallest absolute Gasteiger partial charge is 0.292 e. The summed E-state index contributed by atoms with van der Waals surface area (Å²) in [5, 5.41) is 5.30. The maximum Gasteiger partial charge on any atom is 0.329 e. The van der Waals surface area contributed by atoms with Crippen LogP contribution in [0.1, 0.15) is 39.5 Å². The van der Waals surface area contributed by atoms with Crippen molar-refractivity contribution >= 4 is 21.8 Å². The number of fused-ring (bicyclic) bond motifs is 2. The third-order valence-corrected chi connectivity index (χ3v) is 4.41. The van der Waals surface area contributed by atoms with Gasteiger partial charge in [0.05, 0.1) is 21.8 Å². The van der Waals surface area contributed by atoms with Gasteiger partial charge in [-0.25, -0.2) is 4.79 Å². The summed E-state index contributed by atoms with van der Waals surface area (Å²) in [6.45, 7) is 5.36. The fourth-order valence-electron chi connectivity index (χ4n) is 3.05. The summed E-state index contributed by atoms with van der Waals surface area (Å²) in [5.74, 6) is 0. The molecule has 0 aliphatic heterocycles. The average molecular weight is 330 g/mol. The Morgan fingerprint density at radius 1 is 0.792 bits per heavy atom. The van der Waals surface area contributed by atoms with Gasteiger partial charge in [0.25, 0.3) is 11.1 Å². The summed E-state index contributed by atoms with van der Waals surface area (Å²) in [4.78, 5) is 36.9. The molecule has 0 aliphatic carbocycles. The van der Waals surface area contributed by atoms with E-state index in [9.17, 15) is 14.4 Å². The molecule has 2 N–H and O–H groups in total. The number of aromatic nitrogens is 4. The normalized spacial score (nSPS) is 11.6. The first-order chi connectivity index (χ1) is 11.6. The SMILES string of the molecule is CCCCn1c(=O)n(CCCC)c2cc3c(=O)[nH][nH]c(=O)c3cc21. The number of rotatable bonds is 6. The molecule has 2 heterocycles. The quantitative estimate of drug-likeness (QED) is 0.723. The number of aromatic amines is 2. The van der Waals surface area contributed by atoms with Gasteiger partial charge in [-0.3, -0.25) is 28.9 Å². The number of unbranched alkanes of at least 4 members (excludes halogenated alkanes) is 2. The molecule has 0 atom stereocenters. The highest BCUT2D eigenvalue weighted by atomic mass is 16.2. The van der Waals surface area contributed by atoms with Crippen molar-refractivity contribution in [2.75, 3.05) is 0 Å². The molecular formula is C17H22N4O3. The van der Waals surface area contributed by atoms with Crippen LogP contribution in [0.25, 0.3) is 21.8 Å². The van der Waals surface area contributed by atoms with E-state index in [0.29, 0.717) is 34.9 Å². The van der Waals surface area contributed by atoms with Crippen molar-refractivity contribution in [2.45, 2.75) is 52.6 Å². The van der Waals surface area contributed by atoms with Crippen molar-refractivity contribution in [3.63, 3.8) is 0 Å². The van der Waals surface area contributed by atoms with Gasteiger partial charge in [0.2, 0.25) is 0 Å². The molecule has 128 valence electrons. The third kappa shape index (κ3) is 2.60. The number of imidazole rings is 1. The molecule has 0 spiro atoms. The summed E-state index contributed by atoms with van der Waals surface area (Å²) < 4.78 is 3.43. The van der Waals surface area contributed by atoms with Crippen LogP contribution < -0.4 is 16.8 Å². The van der Waals surface area contributed by atoms with Crippen LogP contribution in [0.4, 0.5) is 0 Å². The fourth-order valence-corrected chi connectivity index (χ4v) is 3.05.